The predicted octanol–water partition coefficient (Wildman–Crippen LogP) is 5.95. The Morgan fingerprint density at radius 2 is 2.04 bits per heavy atom. The third-order valence-electron chi connectivity index (χ3n) is 5.28. The molecule has 144 valence electrons. The van der Waals surface area contributed by atoms with Gasteiger partial charge in [0.2, 0.25) is 0 Å². The highest BCUT2D eigenvalue weighted by molar-refractivity contribution is 8.01. The van der Waals surface area contributed by atoms with E-state index in [1.54, 1.807) is 18.3 Å². The summed E-state index contributed by atoms with van der Waals surface area (Å²) in [4.78, 5) is 16.6. The van der Waals surface area contributed by atoms with Crippen LogP contribution in [0.2, 0.25) is 0 Å². The van der Waals surface area contributed by atoms with Crippen LogP contribution >= 0.6 is 23.1 Å². The Hall–Kier alpha value is -2.31. The van der Waals surface area contributed by atoms with E-state index in [4.69, 9.17) is 4.98 Å². The van der Waals surface area contributed by atoms with Crippen molar-refractivity contribution in [3.05, 3.63) is 59.0 Å². The number of fused-ring (bicyclic) bond motifs is 2. The zero-order valence-corrected chi connectivity index (χ0v) is 17.7. The van der Waals surface area contributed by atoms with Gasteiger partial charge in [-0.1, -0.05) is 43.0 Å². The van der Waals surface area contributed by atoms with E-state index in [1.807, 2.05) is 25.1 Å². The van der Waals surface area contributed by atoms with Gasteiger partial charge in [0.25, 0.3) is 0 Å². The maximum atomic E-state index is 11.9. The summed E-state index contributed by atoms with van der Waals surface area (Å²) in [5, 5.41) is 14.0. The first kappa shape index (κ1) is 19.0. The number of imidazole rings is 1. The van der Waals surface area contributed by atoms with Crippen molar-refractivity contribution in [2.75, 3.05) is 0 Å². The summed E-state index contributed by atoms with van der Waals surface area (Å²) < 4.78 is 2.52. The number of carboxylic acid groups (broad SMARTS) is 1. The number of aromatic nitrogens is 2. The van der Waals surface area contributed by atoms with Crippen molar-refractivity contribution in [1.29, 1.82) is 0 Å². The molecule has 4 aromatic rings. The summed E-state index contributed by atoms with van der Waals surface area (Å²) in [7, 11) is 0. The van der Waals surface area contributed by atoms with Gasteiger partial charge in [0.05, 0.1) is 17.6 Å². The lowest BCUT2D eigenvalue weighted by atomic mass is 10.1. The van der Waals surface area contributed by atoms with E-state index in [9.17, 15) is 9.90 Å². The number of carboxylic acids is 1. The summed E-state index contributed by atoms with van der Waals surface area (Å²) in [6.45, 7) is 6.49. The molecule has 2 aromatic carbocycles. The molecule has 1 N–H and O–H groups in total. The van der Waals surface area contributed by atoms with Gasteiger partial charge in [-0.25, -0.2) is 4.98 Å². The van der Waals surface area contributed by atoms with Gasteiger partial charge in [-0.3, -0.25) is 4.79 Å². The van der Waals surface area contributed by atoms with Gasteiger partial charge in [0.15, 0.2) is 5.16 Å². The van der Waals surface area contributed by atoms with Gasteiger partial charge in [0, 0.05) is 10.1 Å². The van der Waals surface area contributed by atoms with Gasteiger partial charge in [-0.2, -0.15) is 0 Å². The standard InChI is InChI=1S/C22H22N2O2S2/c1-4-22(3,20(25)26)28-21-23-16-9-5-6-10-17(16)24(21)12-15-13-27-18-11-7-8-14(2)19(15)18/h5-11,13H,4,12H2,1-3H3,(H,25,26). The quantitative estimate of drug-likeness (QED) is 0.399. The summed E-state index contributed by atoms with van der Waals surface area (Å²) in [5.41, 5.74) is 4.43. The van der Waals surface area contributed by atoms with E-state index in [-0.39, 0.29) is 0 Å². The number of rotatable bonds is 6. The number of carbonyl (C=O) groups is 1. The molecule has 0 aliphatic rings. The van der Waals surface area contributed by atoms with Gasteiger partial charge in [-0.15, -0.1) is 11.3 Å². The number of aliphatic carboxylic acids is 1. The molecular weight excluding hydrogens is 388 g/mol. The molecule has 2 heterocycles. The lowest BCUT2D eigenvalue weighted by molar-refractivity contribution is -0.139. The number of hydrogen-bond acceptors (Lipinski definition) is 4. The second-order valence-corrected chi connectivity index (χ2v) is 9.55. The number of para-hydroxylation sites is 2. The fraction of sp³-hybridized carbons (Fsp3) is 0.273. The molecule has 0 saturated heterocycles. The molecule has 0 bridgehead atoms. The van der Waals surface area contributed by atoms with Crippen LogP contribution in [-0.2, 0) is 11.3 Å². The first-order chi connectivity index (χ1) is 13.4. The molecule has 2 aromatic heterocycles. The Bertz CT molecular complexity index is 1180. The Kier molecular flexibility index (Phi) is 4.93. The highest BCUT2D eigenvalue weighted by Gasteiger charge is 2.34. The number of thiophene rings is 1. The number of aryl methyl sites for hydroxylation is 1. The molecule has 1 atom stereocenters. The van der Waals surface area contributed by atoms with Crippen LogP contribution in [0.15, 0.2) is 53.0 Å². The highest BCUT2D eigenvalue weighted by Crippen LogP contribution is 2.38. The van der Waals surface area contributed by atoms with Crippen molar-refractivity contribution < 1.29 is 9.90 Å². The van der Waals surface area contributed by atoms with Crippen molar-refractivity contribution >= 4 is 50.2 Å². The van der Waals surface area contributed by atoms with Gasteiger partial charge < -0.3 is 9.67 Å². The van der Waals surface area contributed by atoms with Crippen LogP contribution in [0.1, 0.15) is 31.4 Å². The van der Waals surface area contributed by atoms with Crippen LogP contribution in [0, 0.1) is 6.92 Å². The van der Waals surface area contributed by atoms with E-state index >= 15 is 0 Å². The van der Waals surface area contributed by atoms with E-state index in [1.165, 1.54) is 33.0 Å². The van der Waals surface area contributed by atoms with Gasteiger partial charge >= 0.3 is 5.97 Å². The minimum Gasteiger partial charge on any atom is -0.480 e. The molecule has 0 aliphatic carbocycles. The van der Waals surface area contributed by atoms with Crippen LogP contribution in [-0.4, -0.2) is 25.4 Å². The van der Waals surface area contributed by atoms with E-state index < -0.39 is 10.7 Å². The maximum absolute atomic E-state index is 11.9. The zero-order valence-electron chi connectivity index (χ0n) is 16.1. The average Bonchev–Trinajstić information content (AvgIpc) is 3.24. The minimum atomic E-state index is -0.911. The largest absolute Gasteiger partial charge is 0.480 e. The Morgan fingerprint density at radius 1 is 1.25 bits per heavy atom. The first-order valence-electron chi connectivity index (χ1n) is 9.26. The fourth-order valence-corrected chi connectivity index (χ4v) is 5.46. The Labute approximate surface area is 172 Å². The second-order valence-electron chi connectivity index (χ2n) is 7.17. The average molecular weight is 411 g/mol. The number of benzene rings is 2. The molecular formula is C22H22N2O2S2. The molecule has 4 rings (SSSR count). The SMILES string of the molecule is CCC(C)(Sc1nc2ccccc2n1Cc1csc2cccc(C)c12)C(=O)O. The van der Waals surface area contributed by atoms with E-state index in [0.29, 0.717) is 13.0 Å². The smallest absolute Gasteiger partial charge is 0.319 e. The van der Waals surface area contributed by atoms with E-state index in [2.05, 4.69) is 41.1 Å². The highest BCUT2D eigenvalue weighted by atomic mass is 32.2. The van der Waals surface area contributed by atoms with Crippen LogP contribution in [0.4, 0.5) is 0 Å². The summed E-state index contributed by atoms with van der Waals surface area (Å²) in [6.07, 6.45) is 0.524. The molecule has 28 heavy (non-hydrogen) atoms. The normalized spacial score (nSPS) is 13.8. The van der Waals surface area contributed by atoms with E-state index in [0.717, 1.165) is 16.2 Å². The first-order valence-corrected chi connectivity index (χ1v) is 11.0. The molecule has 0 aliphatic heterocycles. The fourth-order valence-electron chi connectivity index (χ4n) is 3.38. The second kappa shape index (κ2) is 7.26. The lowest BCUT2D eigenvalue weighted by Crippen LogP contribution is -2.30. The van der Waals surface area contributed by atoms with Gasteiger partial charge in [-0.05, 0) is 55.0 Å². The van der Waals surface area contributed by atoms with Crippen molar-refractivity contribution in [2.24, 2.45) is 0 Å². The van der Waals surface area contributed by atoms with Crippen LogP contribution in [0.3, 0.4) is 0 Å². The van der Waals surface area contributed by atoms with Crippen molar-refractivity contribution in [3.63, 3.8) is 0 Å². The van der Waals surface area contributed by atoms with Crippen molar-refractivity contribution in [2.45, 2.75) is 43.6 Å². The number of thioether (sulfide) groups is 1. The maximum Gasteiger partial charge on any atom is 0.319 e. The summed E-state index contributed by atoms with van der Waals surface area (Å²) in [6, 6.07) is 14.4. The molecule has 4 nitrogen and oxygen atoms in total. The monoisotopic (exact) mass is 410 g/mol. The lowest BCUT2D eigenvalue weighted by Gasteiger charge is -2.22. The van der Waals surface area contributed by atoms with Crippen LogP contribution in [0.5, 0.6) is 0 Å². The number of hydrogen-bond donors (Lipinski definition) is 1. The molecule has 1 unspecified atom stereocenters. The molecule has 0 amide bonds. The number of nitrogens with zero attached hydrogens (tertiary/aromatic N) is 2. The summed E-state index contributed by atoms with van der Waals surface area (Å²) in [5.74, 6) is -0.810. The van der Waals surface area contributed by atoms with Crippen LogP contribution in [0.25, 0.3) is 21.1 Å². The molecule has 6 heteroatoms. The third kappa shape index (κ3) is 3.20. The van der Waals surface area contributed by atoms with Crippen molar-refractivity contribution in [1.82, 2.24) is 9.55 Å². The zero-order chi connectivity index (χ0) is 19.9. The molecule has 0 spiro atoms. The van der Waals surface area contributed by atoms with Crippen molar-refractivity contribution in [3.8, 4) is 0 Å². The third-order valence-corrected chi connectivity index (χ3v) is 7.68. The van der Waals surface area contributed by atoms with Gasteiger partial charge in [0.1, 0.15) is 4.75 Å². The Balaban J connectivity index is 1.84. The molecule has 0 fully saturated rings. The Morgan fingerprint density at radius 3 is 2.79 bits per heavy atom. The molecule has 0 saturated carbocycles. The molecule has 0 radical (unpaired) electrons. The predicted molar refractivity (Wildman–Crippen MR) is 118 cm³/mol. The summed E-state index contributed by atoms with van der Waals surface area (Å²) >= 11 is 3.09. The van der Waals surface area contributed by atoms with Crippen LogP contribution < -0.4 is 0 Å². The minimum absolute atomic E-state index is 0.524. The topological polar surface area (TPSA) is 55.1 Å².